The third-order valence-electron chi connectivity index (χ3n) is 6.62. The molecule has 0 spiro atoms. The number of aromatic nitrogens is 3. The average Bonchev–Trinajstić information content (AvgIpc) is 3.52. The standard InChI is InChI=1S/C23H28N6O3/c1-14-19(11-26-20-21(14)28(16-7-8-16)23(31)29(25)22(20)30)27-10-9-15(12-27)18(24)13-32-17-5-3-2-4-6-17/h2-6,11,15-16,18H,7-10,12-13,24-25H2,1H3. The van der Waals surface area contributed by atoms with E-state index in [1.54, 1.807) is 10.8 Å². The first-order chi connectivity index (χ1) is 15.5. The van der Waals surface area contributed by atoms with Gasteiger partial charge in [0.15, 0.2) is 5.52 Å². The molecule has 0 amide bonds. The Hall–Kier alpha value is -3.33. The summed E-state index contributed by atoms with van der Waals surface area (Å²) in [6, 6.07) is 9.66. The third kappa shape index (κ3) is 3.52. The van der Waals surface area contributed by atoms with Gasteiger partial charge in [0.05, 0.1) is 17.4 Å². The van der Waals surface area contributed by atoms with Crippen LogP contribution in [0.4, 0.5) is 5.69 Å². The Morgan fingerprint density at radius 1 is 1.19 bits per heavy atom. The molecular weight excluding hydrogens is 408 g/mol. The summed E-state index contributed by atoms with van der Waals surface area (Å²) in [5, 5.41) is 0. The number of hydrogen-bond acceptors (Lipinski definition) is 7. The Bertz CT molecular complexity index is 1260. The van der Waals surface area contributed by atoms with Crippen LogP contribution >= 0.6 is 0 Å². The average molecular weight is 437 g/mol. The van der Waals surface area contributed by atoms with Gasteiger partial charge in [-0.25, -0.2) is 9.78 Å². The van der Waals surface area contributed by atoms with E-state index in [1.165, 1.54) is 0 Å². The molecule has 1 aliphatic carbocycles. The number of aryl methyl sites for hydroxylation is 1. The van der Waals surface area contributed by atoms with Crippen LogP contribution in [0.15, 0.2) is 46.1 Å². The highest BCUT2D eigenvalue weighted by Crippen LogP contribution is 2.37. The predicted octanol–water partition coefficient (Wildman–Crippen LogP) is 1.15. The molecule has 1 aliphatic heterocycles. The molecule has 3 heterocycles. The van der Waals surface area contributed by atoms with E-state index in [2.05, 4.69) is 9.88 Å². The quantitative estimate of drug-likeness (QED) is 0.556. The number of fused-ring (bicyclic) bond motifs is 1. The van der Waals surface area contributed by atoms with Crippen LogP contribution in [-0.4, -0.2) is 40.0 Å². The fraction of sp³-hybridized carbons (Fsp3) is 0.435. The molecule has 1 saturated heterocycles. The molecule has 2 aromatic heterocycles. The van der Waals surface area contributed by atoms with Gasteiger partial charge in [-0.1, -0.05) is 18.2 Å². The van der Waals surface area contributed by atoms with Crippen molar-refractivity contribution >= 4 is 16.7 Å². The lowest BCUT2D eigenvalue weighted by Crippen LogP contribution is -2.45. The Morgan fingerprint density at radius 2 is 1.94 bits per heavy atom. The fourth-order valence-corrected chi connectivity index (χ4v) is 4.64. The minimum atomic E-state index is -0.559. The molecule has 2 atom stereocenters. The smallest absolute Gasteiger partial charge is 0.350 e. The van der Waals surface area contributed by atoms with Gasteiger partial charge in [0.25, 0.3) is 0 Å². The summed E-state index contributed by atoms with van der Waals surface area (Å²) in [5.41, 5.74) is 8.06. The Morgan fingerprint density at radius 3 is 2.66 bits per heavy atom. The minimum absolute atomic E-state index is 0.0750. The zero-order chi connectivity index (χ0) is 22.4. The maximum absolute atomic E-state index is 12.7. The number of nitrogens with zero attached hydrogens (tertiary/aromatic N) is 4. The summed E-state index contributed by atoms with van der Waals surface area (Å²) < 4.78 is 8.17. The second-order valence-electron chi connectivity index (χ2n) is 8.81. The molecule has 4 N–H and O–H groups in total. The molecular formula is C23H28N6O3. The van der Waals surface area contributed by atoms with Crippen molar-refractivity contribution in [1.29, 1.82) is 0 Å². The highest BCUT2D eigenvalue weighted by molar-refractivity contribution is 5.83. The van der Waals surface area contributed by atoms with Crippen molar-refractivity contribution < 1.29 is 4.74 Å². The predicted molar refractivity (Wildman–Crippen MR) is 124 cm³/mol. The normalized spacial score (nSPS) is 19.4. The van der Waals surface area contributed by atoms with Crippen LogP contribution in [0.1, 0.15) is 30.9 Å². The summed E-state index contributed by atoms with van der Waals surface area (Å²) in [7, 11) is 0. The van der Waals surface area contributed by atoms with Crippen molar-refractivity contribution in [2.45, 2.75) is 38.3 Å². The van der Waals surface area contributed by atoms with Crippen molar-refractivity contribution in [3.05, 3.63) is 62.9 Å². The van der Waals surface area contributed by atoms with E-state index < -0.39 is 11.2 Å². The molecule has 168 valence electrons. The summed E-state index contributed by atoms with van der Waals surface area (Å²) in [5.74, 6) is 6.83. The van der Waals surface area contributed by atoms with E-state index in [0.29, 0.717) is 16.8 Å². The maximum atomic E-state index is 12.7. The molecule has 5 rings (SSSR count). The second kappa shape index (κ2) is 7.98. The molecule has 1 saturated carbocycles. The molecule has 2 unspecified atom stereocenters. The van der Waals surface area contributed by atoms with E-state index in [0.717, 1.165) is 49.4 Å². The zero-order valence-electron chi connectivity index (χ0n) is 18.1. The first-order valence-corrected chi connectivity index (χ1v) is 11.1. The third-order valence-corrected chi connectivity index (χ3v) is 6.62. The molecule has 3 aromatic rings. The number of nitrogens with two attached hydrogens (primary N) is 2. The number of anilines is 1. The summed E-state index contributed by atoms with van der Waals surface area (Å²) in [6.45, 7) is 4.01. The lowest BCUT2D eigenvalue weighted by Gasteiger charge is -2.24. The number of nitrogen functional groups attached to an aromatic ring is 1. The molecule has 1 aromatic carbocycles. The highest BCUT2D eigenvalue weighted by atomic mass is 16.5. The van der Waals surface area contributed by atoms with Gasteiger partial charge in [0, 0.05) is 30.7 Å². The largest absolute Gasteiger partial charge is 0.492 e. The minimum Gasteiger partial charge on any atom is -0.492 e. The first-order valence-electron chi connectivity index (χ1n) is 11.1. The molecule has 9 heteroatoms. The topological polar surface area (TPSA) is 121 Å². The van der Waals surface area contributed by atoms with Crippen LogP contribution in [-0.2, 0) is 0 Å². The number of hydrogen-bond donors (Lipinski definition) is 2. The number of benzene rings is 1. The van der Waals surface area contributed by atoms with Gasteiger partial charge in [-0.05, 0) is 44.2 Å². The Balaban J connectivity index is 1.40. The van der Waals surface area contributed by atoms with Crippen molar-refractivity contribution in [1.82, 2.24) is 14.2 Å². The van der Waals surface area contributed by atoms with Crippen LogP contribution in [0.25, 0.3) is 11.0 Å². The number of pyridine rings is 1. The molecule has 2 aliphatic rings. The summed E-state index contributed by atoms with van der Waals surface area (Å²) >= 11 is 0. The lowest BCUT2D eigenvalue weighted by atomic mass is 10.0. The van der Waals surface area contributed by atoms with Crippen molar-refractivity contribution in [2.24, 2.45) is 11.7 Å². The van der Waals surface area contributed by atoms with E-state index >= 15 is 0 Å². The monoisotopic (exact) mass is 436 g/mol. The number of rotatable bonds is 6. The second-order valence-corrected chi connectivity index (χ2v) is 8.81. The molecule has 0 radical (unpaired) electrons. The van der Waals surface area contributed by atoms with Crippen molar-refractivity contribution in [3.63, 3.8) is 0 Å². The van der Waals surface area contributed by atoms with Gasteiger partial charge in [-0.2, -0.15) is 4.68 Å². The molecule has 32 heavy (non-hydrogen) atoms. The van der Waals surface area contributed by atoms with Crippen LogP contribution in [0.5, 0.6) is 5.75 Å². The van der Waals surface area contributed by atoms with E-state index in [9.17, 15) is 9.59 Å². The molecule has 9 nitrogen and oxygen atoms in total. The van der Waals surface area contributed by atoms with Gasteiger partial charge >= 0.3 is 11.2 Å². The van der Waals surface area contributed by atoms with E-state index in [-0.39, 0.29) is 23.5 Å². The SMILES string of the molecule is Cc1c(N2CCC(C(N)COc3ccccc3)C2)cnc2c(=O)n(N)c(=O)n(C3CC3)c12. The van der Waals surface area contributed by atoms with Crippen LogP contribution in [0, 0.1) is 12.8 Å². The Kier molecular flexibility index (Phi) is 5.13. The van der Waals surface area contributed by atoms with Gasteiger partial charge < -0.3 is 21.2 Å². The number of ether oxygens (including phenoxy) is 1. The van der Waals surface area contributed by atoms with E-state index in [4.69, 9.17) is 16.3 Å². The van der Waals surface area contributed by atoms with Crippen molar-refractivity contribution in [3.8, 4) is 5.75 Å². The summed E-state index contributed by atoms with van der Waals surface area (Å²) in [6.07, 6.45) is 4.46. The fourth-order valence-electron chi connectivity index (χ4n) is 4.64. The van der Waals surface area contributed by atoms with Gasteiger partial charge in [0.2, 0.25) is 0 Å². The maximum Gasteiger partial charge on any atom is 0.350 e. The van der Waals surface area contributed by atoms with E-state index in [1.807, 2.05) is 37.3 Å². The zero-order valence-corrected chi connectivity index (χ0v) is 18.1. The molecule has 2 fully saturated rings. The number of para-hydroxylation sites is 1. The van der Waals surface area contributed by atoms with Crippen LogP contribution < -0.4 is 32.5 Å². The molecule has 0 bridgehead atoms. The first kappa shape index (κ1) is 20.6. The van der Waals surface area contributed by atoms with Crippen LogP contribution in [0.2, 0.25) is 0 Å². The van der Waals surface area contributed by atoms with Gasteiger partial charge in [-0.15, -0.1) is 0 Å². The van der Waals surface area contributed by atoms with Gasteiger partial charge in [-0.3, -0.25) is 9.36 Å². The van der Waals surface area contributed by atoms with Crippen LogP contribution in [0.3, 0.4) is 0 Å². The van der Waals surface area contributed by atoms with Gasteiger partial charge in [0.1, 0.15) is 12.4 Å². The highest BCUT2D eigenvalue weighted by Gasteiger charge is 2.32. The lowest BCUT2D eigenvalue weighted by molar-refractivity contribution is 0.253. The Labute approximate surface area is 185 Å². The summed E-state index contributed by atoms with van der Waals surface area (Å²) in [4.78, 5) is 32.0. The van der Waals surface area contributed by atoms with Crippen molar-refractivity contribution in [2.75, 3.05) is 30.4 Å².